The van der Waals surface area contributed by atoms with Crippen LogP contribution in [0.1, 0.15) is 39.8 Å². The first-order valence-corrected chi connectivity index (χ1v) is 7.93. The van der Waals surface area contributed by atoms with Crippen molar-refractivity contribution in [3.63, 3.8) is 0 Å². The number of aromatic nitrogens is 1. The Balaban J connectivity index is 3.19. The first kappa shape index (κ1) is 16.6. The Labute approximate surface area is 125 Å². The summed E-state index contributed by atoms with van der Waals surface area (Å²) in [7, 11) is 0. The summed E-state index contributed by atoms with van der Waals surface area (Å²) in [6.07, 6.45) is -0.998. The number of rotatable bonds is 4. The molecule has 0 fully saturated rings. The highest BCUT2D eigenvalue weighted by molar-refractivity contribution is 9.10. The lowest BCUT2D eigenvalue weighted by Gasteiger charge is -2.20. The Bertz CT molecular complexity index is 462. The average Bonchev–Trinajstić information content (AvgIpc) is 2.33. The molecule has 0 saturated carbocycles. The quantitative estimate of drug-likeness (QED) is 0.471. The third-order valence-corrected chi connectivity index (χ3v) is 4.19. The topological polar surface area (TPSA) is 48.3 Å². The van der Waals surface area contributed by atoms with Crippen molar-refractivity contribution in [1.82, 2.24) is 4.98 Å². The van der Waals surface area contributed by atoms with E-state index in [-0.39, 0.29) is 12.1 Å². The third-order valence-electron chi connectivity index (χ3n) is 2.34. The monoisotopic (exact) mass is 348 g/mol. The third kappa shape index (κ3) is 4.85. The molecule has 0 aliphatic carbocycles. The predicted octanol–water partition coefficient (Wildman–Crippen LogP) is 3.84. The molecule has 1 aromatic rings. The molecule has 0 bridgehead atoms. The molecule has 0 radical (unpaired) electrons. The maximum atomic E-state index is 14.0. The van der Waals surface area contributed by atoms with Crippen molar-refractivity contribution in [2.24, 2.45) is 4.40 Å². The van der Waals surface area contributed by atoms with Crippen molar-refractivity contribution >= 4 is 33.0 Å². The number of halogens is 2. The summed E-state index contributed by atoms with van der Waals surface area (Å²) in [5.41, 5.74) is 0.568. The molecule has 0 saturated heterocycles. The lowest BCUT2D eigenvalue weighted by atomic mass is 10.1. The lowest BCUT2D eigenvalue weighted by molar-refractivity contribution is 0.414. The van der Waals surface area contributed by atoms with Gasteiger partial charge in [0.15, 0.2) is 5.71 Å². The lowest BCUT2D eigenvalue weighted by Crippen LogP contribution is -2.29. The van der Waals surface area contributed by atoms with E-state index in [2.05, 4.69) is 25.3 Å². The van der Waals surface area contributed by atoms with Crippen molar-refractivity contribution in [2.75, 3.05) is 0 Å². The van der Waals surface area contributed by atoms with E-state index in [1.807, 2.05) is 0 Å². The molecule has 0 N–H and O–H groups in total. The van der Waals surface area contributed by atoms with Crippen LogP contribution in [0.3, 0.4) is 0 Å². The second-order valence-corrected chi connectivity index (χ2v) is 7.78. The molecule has 1 rings (SSSR count). The standard InChI is InChI=1S/C13H18BrFN2OS/c1-5-9(15)12(17-19(18)13(2,3)4)10-7-6-8-11(14)16-10/h6-9H,5H2,1-4H3/t9-,19?/m1/s1. The Hall–Kier alpha value is -0.460. The van der Waals surface area contributed by atoms with Crippen molar-refractivity contribution in [3.05, 3.63) is 28.5 Å². The van der Waals surface area contributed by atoms with Crippen molar-refractivity contribution in [2.45, 2.75) is 45.0 Å². The minimum Gasteiger partial charge on any atom is -0.591 e. The fourth-order valence-corrected chi connectivity index (χ4v) is 2.24. The van der Waals surface area contributed by atoms with Gasteiger partial charge in [0.25, 0.3) is 0 Å². The predicted molar refractivity (Wildman–Crippen MR) is 81.6 cm³/mol. The summed E-state index contributed by atoms with van der Waals surface area (Å²) in [6.45, 7) is 7.13. The number of hydrogen-bond donors (Lipinski definition) is 0. The van der Waals surface area contributed by atoms with Gasteiger partial charge in [-0.25, -0.2) is 9.37 Å². The van der Waals surface area contributed by atoms with E-state index in [1.165, 1.54) is 0 Å². The smallest absolute Gasteiger partial charge is 0.151 e. The molecule has 0 aliphatic rings. The van der Waals surface area contributed by atoms with Gasteiger partial charge in [0.05, 0.1) is 5.69 Å². The van der Waals surface area contributed by atoms with Crippen LogP contribution in [-0.2, 0) is 11.4 Å². The van der Waals surface area contributed by atoms with Crippen LogP contribution in [-0.4, -0.2) is 26.2 Å². The van der Waals surface area contributed by atoms with Crippen molar-refractivity contribution in [1.29, 1.82) is 0 Å². The first-order chi connectivity index (χ1) is 8.75. The Morgan fingerprint density at radius 1 is 1.53 bits per heavy atom. The van der Waals surface area contributed by atoms with Gasteiger partial charge in [-0.15, -0.1) is 0 Å². The van der Waals surface area contributed by atoms with Gasteiger partial charge < -0.3 is 4.55 Å². The maximum Gasteiger partial charge on any atom is 0.151 e. The van der Waals surface area contributed by atoms with Crippen molar-refractivity contribution < 1.29 is 8.94 Å². The SMILES string of the molecule is CC[C@@H](F)C(=N[S+]([O-])C(C)(C)C)c1cccc(Br)n1. The molecular weight excluding hydrogens is 331 g/mol. The molecule has 0 amide bonds. The van der Waals surface area contributed by atoms with Crippen LogP contribution in [0.2, 0.25) is 0 Å². The number of nitrogens with zero attached hydrogens (tertiary/aromatic N) is 2. The molecule has 3 nitrogen and oxygen atoms in total. The fourth-order valence-electron chi connectivity index (χ4n) is 1.23. The van der Waals surface area contributed by atoms with Gasteiger partial charge in [-0.05, 0) is 55.3 Å². The van der Waals surface area contributed by atoms with E-state index < -0.39 is 22.3 Å². The number of hydrogen-bond acceptors (Lipinski definition) is 3. The zero-order chi connectivity index (χ0) is 14.6. The molecule has 106 valence electrons. The van der Waals surface area contributed by atoms with Gasteiger partial charge in [-0.2, -0.15) is 0 Å². The molecule has 0 spiro atoms. The number of pyridine rings is 1. The van der Waals surface area contributed by atoms with Crippen molar-refractivity contribution in [3.8, 4) is 0 Å². The molecule has 1 heterocycles. The van der Waals surface area contributed by atoms with Crippen LogP contribution in [0.4, 0.5) is 4.39 Å². The maximum absolute atomic E-state index is 14.0. The van der Waals surface area contributed by atoms with Gasteiger partial charge in [-0.1, -0.05) is 17.4 Å². The highest BCUT2D eigenvalue weighted by atomic mass is 79.9. The summed E-state index contributed by atoms with van der Waals surface area (Å²) < 4.78 is 30.2. The molecule has 0 aliphatic heterocycles. The zero-order valence-corrected chi connectivity index (χ0v) is 13.9. The molecule has 6 heteroatoms. The minimum absolute atomic E-state index is 0.150. The normalized spacial score (nSPS) is 16.3. The Morgan fingerprint density at radius 3 is 2.63 bits per heavy atom. The van der Waals surface area contributed by atoms with E-state index >= 15 is 0 Å². The zero-order valence-electron chi connectivity index (χ0n) is 11.5. The van der Waals surface area contributed by atoms with Crippen LogP contribution < -0.4 is 0 Å². The van der Waals surface area contributed by atoms with Crippen LogP contribution >= 0.6 is 15.9 Å². The van der Waals surface area contributed by atoms with Crippen LogP contribution in [0.15, 0.2) is 27.2 Å². The highest BCUT2D eigenvalue weighted by Crippen LogP contribution is 2.20. The second kappa shape index (κ2) is 6.81. The molecule has 1 aromatic heterocycles. The summed E-state index contributed by atoms with van der Waals surface area (Å²) in [5, 5.41) is 0. The van der Waals surface area contributed by atoms with Crippen LogP contribution in [0.5, 0.6) is 0 Å². The van der Waals surface area contributed by atoms with E-state index in [0.29, 0.717) is 10.3 Å². The summed E-state index contributed by atoms with van der Waals surface area (Å²) in [5.74, 6) is 0. The van der Waals surface area contributed by atoms with Gasteiger partial charge in [0, 0.05) is 0 Å². The minimum atomic E-state index is -1.50. The first-order valence-electron chi connectivity index (χ1n) is 6.03. The highest BCUT2D eigenvalue weighted by Gasteiger charge is 2.29. The largest absolute Gasteiger partial charge is 0.591 e. The Morgan fingerprint density at radius 2 is 2.16 bits per heavy atom. The van der Waals surface area contributed by atoms with Gasteiger partial charge in [0.1, 0.15) is 26.9 Å². The Kier molecular flexibility index (Phi) is 5.95. The van der Waals surface area contributed by atoms with E-state index in [1.54, 1.807) is 45.9 Å². The average molecular weight is 349 g/mol. The summed E-state index contributed by atoms with van der Waals surface area (Å²) in [6, 6.07) is 5.18. The van der Waals surface area contributed by atoms with Gasteiger partial charge in [0.2, 0.25) is 0 Å². The molecule has 2 atom stereocenters. The van der Waals surface area contributed by atoms with E-state index in [0.717, 1.165) is 0 Å². The van der Waals surface area contributed by atoms with Gasteiger partial charge >= 0.3 is 0 Å². The summed E-state index contributed by atoms with van der Waals surface area (Å²) >= 11 is 1.74. The van der Waals surface area contributed by atoms with Crippen LogP contribution in [0.25, 0.3) is 0 Å². The molecule has 0 aromatic carbocycles. The summed E-state index contributed by atoms with van der Waals surface area (Å²) in [4.78, 5) is 4.19. The van der Waals surface area contributed by atoms with Gasteiger partial charge in [-0.3, -0.25) is 0 Å². The van der Waals surface area contributed by atoms with Crippen LogP contribution in [0, 0.1) is 0 Å². The molecule has 1 unspecified atom stereocenters. The second-order valence-electron chi connectivity index (χ2n) is 5.06. The number of alkyl halides is 1. The molecule has 19 heavy (non-hydrogen) atoms. The molecular formula is C13H18BrFN2OS. The fraction of sp³-hybridized carbons (Fsp3) is 0.538. The van der Waals surface area contributed by atoms with E-state index in [9.17, 15) is 8.94 Å². The van der Waals surface area contributed by atoms with E-state index in [4.69, 9.17) is 0 Å².